The molecular weight excluding hydrogens is 418 g/mol. The van der Waals surface area contributed by atoms with Crippen molar-refractivity contribution in [3.8, 4) is 17.5 Å². The van der Waals surface area contributed by atoms with E-state index in [4.69, 9.17) is 10.2 Å². The average Bonchev–Trinajstić information content (AvgIpc) is 3.27. The van der Waals surface area contributed by atoms with E-state index in [1.165, 1.54) is 39.2 Å². The molecule has 5 rings (SSSR count). The molecule has 0 aliphatic carbocycles. The molecule has 0 atom stereocenters. The van der Waals surface area contributed by atoms with Gasteiger partial charge in [0, 0.05) is 49.4 Å². The van der Waals surface area contributed by atoms with E-state index in [1.807, 2.05) is 12.1 Å². The normalized spacial score (nSPS) is 16.8. The van der Waals surface area contributed by atoms with Crippen LogP contribution in [0.1, 0.15) is 58.0 Å². The SMILES string of the molecule is C=C(c1cc(-c2nc3c([nH]2)CN(C)CC3)c(C)cc1C)N1CCC(c2ccc(C#N)cc2)CC1. The zero-order valence-electron chi connectivity index (χ0n) is 20.5. The number of likely N-dealkylation sites (N-methyl/N-ethyl adjacent to an activating group) is 1. The van der Waals surface area contributed by atoms with Crippen LogP contribution in [0.25, 0.3) is 17.1 Å². The lowest BCUT2D eigenvalue weighted by atomic mass is 9.88. The number of nitrogens with one attached hydrogen (secondary N) is 1. The number of hydrogen-bond acceptors (Lipinski definition) is 4. The number of fused-ring (bicyclic) bond motifs is 1. The Morgan fingerprint density at radius 3 is 2.53 bits per heavy atom. The number of imidazole rings is 1. The van der Waals surface area contributed by atoms with Gasteiger partial charge >= 0.3 is 0 Å². The standard InChI is InChI=1S/C29H33N5/c1-19-15-20(2)26(29-31-27-11-12-33(4)18-28(27)32-29)16-25(19)21(3)34-13-9-24(10-14-34)23-7-5-22(17-30)6-8-23/h5-8,15-16,24H,3,9-14,18H2,1-2,4H3,(H,31,32). The van der Waals surface area contributed by atoms with E-state index in [0.717, 1.165) is 62.5 Å². The van der Waals surface area contributed by atoms with Crippen LogP contribution >= 0.6 is 0 Å². The van der Waals surface area contributed by atoms with Crippen molar-refractivity contribution in [2.75, 3.05) is 26.7 Å². The Morgan fingerprint density at radius 2 is 1.82 bits per heavy atom. The second-order valence-corrected chi connectivity index (χ2v) is 9.92. The summed E-state index contributed by atoms with van der Waals surface area (Å²) in [6.07, 6.45) is 3.20. The van der Waals surface area contributed by atoms with Crippen LogP contribution in [0.3, 0.4) is 0 Å². The Hall–Kier alpha value is -3.36. The van der Waals surface area contributed by atoms with Gasteiger partial charge in [0.05, 0.1) is 23.0 Å². The molecule has 2 aromatic carbocycles. The highest BCUT2D eigenvalue weighted by Gasteiger charge is 2.24. The van der Waals surface area contributed by atoms with Gasteiger partial charge in [-0.1, -0.05) is 24.8 Å². The van der Waals surface area contributed by atoms with Crippen LogP contribution in [0.2, 0.25) is 0 Å². The Bertz CT molecular complexity index is 1250. The van der Waals surface area contributed by atoms with E-state index in [2.05, 4.69) is 72.6 Å². The van der Waals surface area contributed by atoms with Gasteiger partial charge in [-0.25, -0.2) is 4.98 Å². The first-order valence-electron chi connectivity index (χ1n) is 12.2. The van der Waals surface area contributed by atoms with E-state index in [1.54, 1.807) is 0 Å². The van der Waals surface area contributed by atoms with Crippen molar-refractivity contribution < 1.29 is 0 Å². The summed E-state index contributed by atoms with van der Waals surface area (Å²) >= 11 is 0. The van der Waals surface area contributed by atoms with E-state index >= 15 is 0 Å². The molecule has 2 aliphatic rings. The second-order valence-electron chi connectivity index (χ2n) is 9.92. The lowest BCUT2D eigenvalue weighted by Crippen LogP contribution is -2.31. The fourth-order valence-corrected chi connectivity index (χ4v) is 5.46. The van der Waals surface area contributed by atoms with E-state index in [-0.39, 0.29) is 0 Å². The maximum Gasteiger partial charge on any atom is 0.138 e. The molecule has 1 fully saturated rings. The molecule has 3 aromatic rings. The molecular formula is C29H33N5. The molecule has 5 nitrogen and oxygen atoms in total. The highest BCUT2D eigenvalue weighted by Crippen LogP contribution is 2.35. The molecule has 5 heteroatoms. The zero-order chi connectivity index (χ0) is 23.8. The predicted molar refractivity (Wildman–Crippen MR) is 137 cm³/mol. The van der Waals surface area contributed by atoms with Crippen LogP contribution < -0.4 is 0 Å². The first kappa shape index (κ1) is 22.4. The number of aromatic nitrogens is 2. The summed E-state index contributed by atoms with van der Waals surface area (Å²) in [5.74, 6) is 1.52. The topological polar surface area (TPSA) is 59.0 Å². The largest absolute Gasteiger partial charge is 0.371 e. The molecule has 1 saturated heterocycles. The van der Waals surface area contributed by atoms with Crippen LogP contribution in [-0.4, -0.2) is 46.4 Å². The van der Waals surface area contributed by atoms with Gasteiger partial charge in [-0.3, -0.25) is 0 Å². The van der Waals surface area contributed by atoms with Gasteiger partial charge < -0.3 is 14.8 Å². The number of aryl methyl sites for hydroxylation is 2. The molecule has 0 radical (unpaired) electrons. The number of aromatic amines is 1. The summed E-state index contributed by atoms with van der Waals surface area (Å²) in [5, 5.41) is 9.05. The number of benzene rings is 2. The maximum atomic E-state index is 9.05. The predicted octanol–water partition coefficient (Wildman–Crippen LogP) is 5.40. The van der Waals surface area contributed by atoms with Crippen LogP contribution in [-0.2, 0) is 13.0 Å². The van der Waals surface area contributed by atoms with Crippen molar-refractivity contribution in [2.45, 2.75) is 45.6 Å². The van der Waals surface area contributed by atoms with Crippen molar-refractivity contribution in [2.24, 2.45) is 0 Å². The number of piperidine rings is 1. The van der Waals surface area contributed by atoms with Gasteiger partial charge in [0.2, 0.25) is 0 Å². The second kappa shape index (κ2) is 9.12. The molecule has 34 heavy (non-hydrogen) atoms. The third-order valence-corrected chi connectivity index (χ3v) is 7.55. The summed E-state index contributed by atoms with van der Waals surface area (Å²) in [7, 11) is 2.16. The van der Waals surface area contributed by atoms with E-state index in [9.17, 15) is 0 Å². The lowest BCUT2D eigenvalue weighted by Gasteiger charge is -2.35. The fourth-order valence-electron chi connectivity index (χ4n) is 5.46. The van der Waals surface area contributed by atoms with E-state index in [0.29, 0.717) is 5.92 Å². The molecule has 174 valence electrons. The van der Waals surface area contributed by atoms with E-state index < -0.39 is 0 Å². The van der Waals surface area contributed by atoms with Crippen molar-refractivity contribution in [3.05, 3.63) is 82.2 Å². The summed E-state index contributed by atoms with van der Waals surface area (Å²) in [6.45, 7) is 12.9. The number of H-pyrrole nitrogens is 1. The molecule has 3 heterocycles. The summed E-state index contributed by atoms with van der Waals surface area (Å²) in [4.78, 5) is 13.3. The van der Waals surface area contributed by atoms with Gasteiger partial charge in [-0.05, 0) is 74.5 Å². The third kappa shape index (κ3) is 4.26. The summed E-state index contributed by atoms with van der Waals surface area (Å²) < 4.78 is 0. The summed E-state index contributed by atoms with van der Waals surface area (Å²) in [5.41, 5.74) is 10.5. The molecule has 2 aliphatic heterocycles. The number of nitriles is 1. The first-order chi connectivity index (χ1) is 16.4. The van der Waals surface area contributed by atoms with Crippen molar-refractivity contribution in [3.63, 3.8) is 0 Å². The van der Waals surface area contributed by atoms with Gasteiger partial charge in [-0.15, -0.1) is 0 Å². The minimum atomic E-state index is 0.541. The molecule has 1 N–H and O–H groups in total. The monoisotopic (exact) mass is 451 g/mol. The first-order valence-corrected chi connectivity index (χ1v) is 12.2. The maximum absolute atomic E-state index is 9.05. The van der Waals surface area contributed by atoms with Gasteiger partial charge in [-0.2, -0.15) is 5.26 Å². The lowest BCUT2D eigenvalue weighted by molar-refractivity contribution is 0.299. The smallest absolute Gasteiger partial charge is 0.138 e. The quantitative estimate of drug-likeness (QED) is 0.577. The summed E-state index contributed by atoms with van der Waals surface area (Å²) in [6, 6.07) is 14.9. The number of likely N-dealkylation sites (tertiary alicyclic amines) is 1. The van der Waals surface area contributed by atoms with Gasteiger partial charge in [0.1, 0.15) is 5.82 Å². The van der Waals surface area contributed by atoms with Crippen LogP contribution in [0.15, 0.2) is 43.0 Å². The number of rotatable bonds is 4. The Morgan fingerprint density at radius 1 is 1.09 bits per heavy atom. The van der Waals surface area contributed by atoms with Crippen molar-refractivity contribution in [1.82, 2.24) is 19.8 Å². The average molecular weight is 452 g/mol. The van der Waals surface area contributed by atoms with Crippen LogP contribution in [0, 0.1) is 25.2 Å². The molecule has 0 unspecified atom stereocenters. The molecule has 0 saturated carbocycles. The zero-order valence-corrected chi connectivity index (χ0v) is 20.5. The highest BCUT2D eigenvalue weighted by atomic mass is 15.1. The minimum Gasteiger partial charge on any atom is -0.371 e. The van der Waals surface area contributed by atoms with Gasteiger partial charge in [0.15, 0.2) is 0 Å². The molecule has 0 amide bonds. The molecule has 0 spiro atoms. The van der Waals surface area contributed by atoms with Crippen molar-refractivity contribution >= 4 is 5.70 Å². The number of hydrogen-bond donors (Lipinski definition) is 1. The Balaban J connectivity index is 1.34. The molecule has 0 bridgehead atoms. The third-order valence-electron chi connectivity index (χ3n) is 7.55. The minimum absolute atomic E-state index is 0.541. The van der Waals surface area contributed by atoms with Gasteiger partial charge in [0.25, 0.3) is 0 Å². The highest BCUT2D eigenvalue weighted by molar-refractivity contribution is 5.73. The van der Waals surface area contributed by atoms with Crippen LogP contribution in [0.4, 0.5) is 0 Å². The molecule has 1 aromatic heterocycles. The van der Waals surface area contributed by atoms with Crippen molar-refractivity contribution in [1.29, 1.82) is 5.26 Å². The number of nitrogens with zero attached hydrogens (tertiary/aromatic N) is 4. The van der Waals surface area contributed by atoms with Crippen LogP contribution in [0.5, 0.6) is 0 Å². The fraction of sp³-hybridized carbons (Fsp3) is 0.379. The Kier molecular flexibility index (Phi) is 6.02. The Labute approximate surface area is 202 Å².